The summed E-state index contributed by atoms with van der Waals surface area (Å²) < 4.78 is 7.75. The van der Waals surface area contributed by atoms with Crippen molar-refractivity contribution >= 4 is 37.3 Å². The van der Waals surface area contributed by atoms with Crippen LogP contribution < -0.4 is 0 Å². The standard InChI is InChI=1S/BO.Na.5H2O.H/c1-2;;;;;;;/h;;5*1H2;. The summed E-state index contributed by atoms with van der Waals surface area (Å²) in [5, 5.41) is 0. The van der Waals surface area contributed by atoms with Crippen molar-refractivity contribution in [2.24, 2.45) is 0 Å². The van der Waals surface area contributed by atoms with Gasteiger partial charge >= 0.3 is 42.0 Å². The molecule has 0 saturated heterocycles. The van der Waals surface area contributed by atoms with Crippen LogP contribution in [0.1, 0.15) is 0 Å². The van der Waals surface area contributed by atoms with E-state index in [0.717, 1.165) is 0 Å². The molecule has 0 aliphatic heterocycles. The third-order valence-electron chi connectivity index (χ3n) is 0. The first-order chi connectivity index (χ1) is 1.00. The molecule has 0 aromatic heterocycles. The normalized spacial score (nSPS) is 0.375. The SMILES string of the molecule is O.O.O.O.O.[B]=O.[NaH]. The van der Waals surface area contributed by atoms with Crippen LogP contribution in [0, 0.1) is 0 Å². The number of hydrogen-bond donors (Lipinski definition) is 0. The summed E-state index contributed by atoms with van der Waals surface area (Å²) in [5.74, 6) is 0. The molecule has 0 aliphatic rings. The summed E-state index contributed by atoms with van der Waals surface area (Å²) in [4.78, 5) is 0. The second-order valence-corrected chi connectivity index (χ2v) is 0. The van der Waals surface area contributed by atoms with Crippen molar-refractivity contribution in [3.63, 3.8) is 0 Å². The molecule has 0 amide bonds. The topological polar surface area (TPSA) is 175 Å². The second-order valence-electron chi connectivity index (χ2n) is 0. The van der Waals surface area contributed by atoms with E-state index in [2.05, 4.69) is 7.72 Å². The molecule has 8 heteroatoms. The Balaban J connectivity index is -0.000000000333. The van der Waals surface area contributed by atoms with E-state index in [1.165, 1.54) is 0 Å². The van der Waals surface area contributed by atoms with Crippen molar-refractivity contribution in [1.29, 1.82) is 0 Å². The Morgan fingerprint density at radius 2 is 0.625 bits per heavy atom. The molecule has 0 spiro atoms. The van der Waals surface area contributed by atoms with Crippen molar-refractivity contribution in [3.8, 4) is 0 Å². The van der Waals surface area contributed by atoms with Gasteiger partial charge in [-0.05, 0) is 0 Å². The van der Waals surface area contributed by atoms with Crippen molar-refractivity contribution in [3.05, 3.63) is 0 Å². The molecule has 8 heavy (non-hydrogen) atoms. The molecule has 0 atom stereocenters. The fourth-order valence-corrected chi connectivity index (χ4v) is 0. The first kappa shape index (κ1) is 184. The van der Waals surface area contributed by atoms with E-state index < -0.39 is 0 Å². The summed E-state index contributed by atoms with van der Waals surface area (Å²) in [7, 11) is 3.25. The molecule has 0 unspecified atom stereocenters. The first-order valence-corrected chi connectivity index (χ1v) is 0.236. The molecule has 51 valence electrons. The molecule has 0 fully saturated rings. The maximum atomic E-state index is 7.75. The molecule has 1 radical (unpaired) electrons. The minimum absolute atomic E-state index is 0. The Bertz CT molecular complexity index is 8.49. The van der Waals surface area contributed by atoms with Crippen LogP contribution in [-0.4, -0.2) is 64.7 Å². The molecule has 0 saturated carbocycles. The second kappa shape index (κ2) is 770. The van der Waals surface area contributed by atoms with Gasteiger partial charge < -0.3 is 27.4 Å². The van der Waals surface area contributed by atoms with Gasteiger partial charge in [0.1, 0.15) is 0 Å². The van der Waals surface area contributed by atoms with E-state index in [4.69, 9.17) is 4.70 Å². The van der Waals surface area contributed by atoms with Gasteiger partial charge in [-0.3, -0.25) is 0 Å². The van der Waals surface area contributed by atoms with E-state index >= 15 is 0 Å². The van der Waals surface area contributed by atoms with E-state index in [1.807, 2.05) is 0 Å². The van der Waals surface area contributed by atoms with E-state index in [-0.39, 0.29) is 56.9 Å². The summed E-state index contributed by atoms with van der Waals surface area (Å²) in [6, 6.07) is 0. The molecule has 0 heterocycles. The Morgan fingerprint density at radius 3 is 0.625 bits per heavy atom. The molecular weight excluding hydrogens is 130 g/mol. The van der Waals surface area contributed by atoms with Gasteiger partial charge in [-0.1, -0.05) is 0 Å². The molecule has 0 rings (SSSR count). The van der Waals surface area contributed by atoms with Gasteiger partial charge in [-0.15, -0.1) is 0 Å². The zero-order valence-electron chi connectivity index (χ0n) is 3.49. The number of rotatable bonds is 0. The van der Waals surface area contributed by atoms with Crippen LogP contribution in [0.25, 0.3) is 0 Å². The van der Waals surface area contributed by atoms with Crippen LogP contribution in [0.5, 0.6) is 0 Å². The van der Waals surface area contributed by atoms with Crippen molar-refractivity contribution in [2.75, 3.05) is 0 Å². The Hall–Kier alpha value is 0.665. The predicted octanol–water partition coefficient (Wildman–Crippen LogP) is -5.27. The van der Waals surface area contributed by atoms with Crippen LogP contribution in [0.3, 0.4) is 0 Å². The van der Waals surface area contributed by atoms with E-state index in [0.29, 0.717) is 0 Å². The monoisotopic (exact) mass is 141 g/mol. The zero-order chi connectivity index (χ0) is 2.00. The summed E-state index contributed by atoms with van der Waals surface area (Å²) in [6.07, 6.45) is 0. The fourth-order valence-electron chi connectivity index (χ4n) is 0. The number of hydrogen-bond acceptors (Lipinski definition) is 1. The minimum atomic E-state index is 0. The van der Waals surface area contributed by atoms with Gasteiger partial charge in [0.2, 0.25) is 0 Å². The summed E-state index contributed by atoms with van der Waals surface area (Å²) >= 11 is 0. The third kappa shape index (κ3) is 484. The van der Waals surface area contributed by atoms with Gasteiger partial charge in [0.15, 0.2) is 0 Å². The van der Waals surface area contributed by atoms with Crippen LogP contribution in [-0.2, 0) is 4.70 Å². The maximum absolute atomic E-state index is 7.75. The zero-order valence-corrected chi connectivity index (χ0v) is 3.49. The summed E-state index contributed by atoms with van der Waals surface area (Å²) in [6.45, 7) is 0. The van der Waals surface area contributed by atoms with Gasteiger partial charge in [0, 0.05) is 0 Å². The average molecular weight is 141 g/mol. The third-order valence-corrected chi connectivity index (χ3v) is 0. The van der Waals surface area contributed by atoms with Crippen molar-refractivity contribution < 1.29 is 32.1 Å². The van der Waals surface area contributed by atoms with Gasteiger partial charge in [-0.2, -0.15) is 0 Å². The Kier molecular flexibility index (Phi) is 17700. The predicted molar refractivity (Wildman–Crippen MR) is 31.7 cm³/mol. The van der Waals surface area contributed by atoms with Gasteiger partial charge in [0.05, 0.1) is 0 Å². The first-order valence-electron chi connectivity index (χ1n) is 0.236. The average Bonchev–Trinajstić information content (AvgIpc) is 1.00. The molecule has 0 aromatic carbocycles. The van der Waals surface area contributed by atoms with Crippen LogP contribution in [0.2, 0.25) is 0 Å². The Morgan fingerprint density at radius 1 is 0.625 bits per heavy atom. The van der Waals surface area contributed by atoms with E-state index in [9.17, 15) is 0 Å². The molecule has 0 aromatic rings. The van der Waals surface area contributed by atoms with Crippen LogP contribution in [0.4, 0.5) is 0 Å². The molecular formula is H11BNaO6. The summed E-state index contributed by atoms with van der Waals surface area (Å²) in [5.41, 5.74) is 0. The quantitative estimate of drug-likeness (QED) is 0.301. The fraction of sp³-hybridized carbons (Fsp3) is 0. The van der Waals surface area contributed by atoms with Crippen molar-refractivity contribution in [1.82, 2.24) is 0 Å². The van der Waals surface area contributed by atoms with Crippen molar-refractivity contribution in [2.45, 2.75) is 0 Å². The van der Waals surface area contributed by atoms with Gasteiger partial charge in [-0.25, -0.2) is 0 Å². The van der Waals surface area contributed by atoms with Gasteiger partial charge in [0.25, 0.3) is 0 Å². The molecule has 0 aliphatic carbocycles. The molecule has 6 nitrogen and oxygen atoms in total. The Labute approximate surface area is 69.5 Å². The molecule has 0 bridgehead atoms. The van der Waals surface area contributed by atoms with Crippen LogP contribution >= 0.6 is 0 Å². The van der Waals surface area contributed by atoms with E-state index in [1.54, 1.807) is 0 Å². The molecule has 10 N–H and O–H groups in total. The van der Waals surface area contributed by atoms with Crippen LogP contribution in [0.15, 0.2) is 0 Å².